The number of nitrogens with one attached hydrogen (secondary N) is 2. The van der Waals surface area contributed by atoms with E-state index < -0.39 is 36.4 Å². The van der Waals surface area contributed by atoms with Crippen molar-refractivity contribution in [2.45, 2.75) is 35.9 Å². The van der Waals surface area contributed by atoms with Crippen molar-refractivity contribution < 1.29 is 83.5 Å². The van der Waals surface area contributed by atoms with Crippen molar-refractivity contribution in [3.8, 4) is 16.9 Å². The summed E-state index contributed by atoms with van der Waals surface area (Å²) in [5.41, 5.74) is 4.67. The Morgan fingerprint density at radius 1 is 0.873 bits per heavy atom. The molecule has 346 valence electrons. The number of carboxylic acid groups (broad SMARTS) is 3. The number of hydrogen-bond acceptors (Lipinski definition) is 12. The highest BCUT2D eigenvalue weighted by molar-refractivity contribution is 7.99. The fourth-order valence-electron chi connectivity index (χ4n) is 5.28. The second-order valence-corrected chi connectivity index (χ2v) is 14.5. The van der Waals surface area contributed by atoms with Crippen molar-refractivity contribution in [3.05, 3.63) is 65.7 Å². The van der Waals surface area contributed by atoms with Gasteiger partial charge in [0.15, 0.2) is 0 Å². The molecular weight excluding hydrogens is 889 g/mol. The number of thioether (sulfide) groups is 1. The predicted molar refractivity (Wildman–Crippen MR) is 205 cm³/mol. The molecule has 5 N–H and O–H groups in total. The summed E-state index contributed by atoms with van der Waals surface area (Å²) in [7, 11) is 4.16. The van der Waals surface area contributed by atoms with E-state index in [1.165, 1.54) is 0 Å². The zero-order chi connectivity index (χ0) is 47.1. The minimum atomic E-state index is -5.08. The second kappa shape index (κ2) is 23.1. The van der Waals surface area contributed by atoms with Gasteiger partial charge in [-0.25, -0.2) is 24.4 Å². The number of morpholine rings is 1. The maximum Gasteiger partial charge on any atom is 0.490 e. The number of alkyl halides is 9. The molecule has 1 fully saturated rings. The molecule has 63 heavy (non-hydrogen) atoms. The minimum Gasteiger partial charge on any atom is -0.493 e. The van der Waals surface area contributed by atoms with Gasteiger partial charge in [-0.1, -0.05) is 6.07 Å². The number of hydrogen-bond donors (Lipinski definition) is 5. The minimum absolute atomic E-state index is 0.0109. The van der Waals surface area contributed by atoms with Crippen LogP contribution < -0.4 is 10.1 Å². The molecule has 26 heteroatoms. The Morgan fingerprint density at radius 3 is 2.02 bits per heavy atom. The van der Waals surface area contributed by atoms with Crippen LogP contribution in [-0.2, 0) is 25.5 Å². The number of rotatable bonds is 10. The van der Waals surface area contributed by atoms with E-state index in [1.54, 1.807) is 11.8 Å². The van der Waals surface area contributed by atoms with E-state index in [1.807, 2.05) is 30.6 Å². The Morgan fingerprint density at radius 2 is 1.48 bits per heavy atom. The van der Waals surface area contributed by atoms with Gasteiger partial charge in [0.1, 0.15) is 16.6 Å². The Labute approximate surface area is 355 Å². The van der Waals surface area contributed by atoms with E-state index in [0.29, 0.717) is 25.1 Å². The lowest BCUT2D eigenvalue weighted by Crippen LogP contribution is -2.41. The summed E-state index contributed by atoms with van der Waals surface area (Å²) in [6, 6.07) is 12.0. The van der Waals surface area contributed by atoms with Crippen molar-refractivity contribution in [2.75, 3.05) is 72.4 Å². The maximum atomic E-state index is 12.9. The van der Waals surface area contributed by atoms with Crippen LogP contribution in [-0.4, -0.2) is 160 Å². The number of carboxylic acids is 3. The van der Waals surface area contributed by atoms with Gasteiger partial charge in [-0.05, 0) is 62.0 Å². The SMILES string of the molecule is CN(C)CCSc1nc(C2COc3ccc(C(=O)NCCN4CCOCC4)cc3C2)nc2ccc(-c3cn[nH]c3)cc12.O=C(O)C(F)(F)F.O=C(O)C(F)(F)F.O=C(O)C(F)(F)F. The Kier molecular flexibility index (Phi) is 18.9. The third-order valence-electron chi connectivity index (χ3n) is 8.43. The van der Waals surface area contributed by atoms with Crippen LogP contribution in [0.3, 0.4) is 0 Å². The Hall–Kier alpha value is -5.73. The van der Waals surface area contributed by atoms with Crippen molar-refractivity contribution >= 4 is 46.5 Å². The van der Waals surface area contributed by atoms with E-state index in [0.717, 1.165) is 89.3 Å². The van der Waals surface area contributed by atoms with Crippen LogP contribution in [0, 0.1) is 0 Å². The molecule has 16 nitrogen and oxygen atoms in total. The zero-order valence-corrected chi connectivity index (χ0v) is 33.9. The Bertz CT molecular complexity index is 2090. The first-order valence-electron chi connectivity index (χ1n) is 18.2. The molecule has 0 saturated carbocycles. The molecule has 0 aliphatic carbocycles. The largest absolute Gasteiger partial charge is 0.493 e. The summed E-state index contributed by atoms with van der Waals surface area (Å²) in [4.78, 5) is 54.2. The summed E-state index contributed by atoms with van der Waals surface area (Å²) >= 11 is 1.75. The summed E-state index contributed by atoms with van der Waals surface area (Å²) < 4.78 is 107. The number of aromatic amines is 1. The summed E-state index contributed by atoms with van der Waals surface area (Å²) in [6.45, 7) is 6.20. The highest BCUT2D eigenvalue weighted by atomic mass is 32.2. The maximum absolute atomic E-state index is 12.9. The molecule has 2 aromatic carbocycles. The monoisotopic (exact) mass is 929 g/mol. The fraction of sp³-hybridized carbons (Fsp3) is 0.432. The van der Waals surface area contributed by atoms with Crippen LogP contribution in [0.25, 0.3) is 22.0 Å². The molecule has 2 aliphatic rings. The number of carbonyl (C=O) groups is 4. The van der Waals surface area contributed by atoms with Crippen molar-refractivity contribution in [2.24, 2.45) is 0 Å². The van der Waals surface area contributed by atoms with Crippen molar-refractivity contribution in [3.63, 3.8) is 0 Å². The molecule has 2 aromatic heterocycles. The van der Waals surface area contributed by atoms with Crippen LogP contribution in [0.5, 0.6) is 5.75 Å². The Balaban J connectivity index is 0.000000416. The number of halogens is 9. The van der Waals surface area contributed by atoms with Crippen LogP contribution in [0.1, 0.15) is 27.7 Å². The van der Waals surface area contributed by atoms with Crippen molar-refractivity contribution in [1.82, 2.24) is 35.3 Å². The normalized spacial score (nSPS) is 15.3. The van der Waals surface area contributed by atoms with Gasteiger partial charge in [-0.3, -0.25) is 14.8 Å². The first kappa shape index (κ1) is 51.6. The molecule has 4 aromatic rings. The lowest BCUT2D eigenvalue weighted by atomic mass is 9.94. The van der Waals surface area contributed by atoms with Crippen LogP contribution >= 0.6 is 11.8 Å². The first-order valence-corrected chi connectivity index (χ1v) is 19.2. The molecule has 6 rings (SSSR count). The van der Waals surface area contributed by atoms with Gasteiger partial charge in [0.2, 0.25) is 0 Å². The molecule has 0 radical (unpaired) electrons. The van der Waals surface area contributed by atoms with Crippen molar-refractivity contribution in [1.29, 1.82) is 0 Å². The average molecular weight is 930 g/mol. The molecule has 1 atom stereocenters. The van der Waals surface area contributed by atoms with E-state index in [-0.39, 0.29) is 11.8 Å². The zero-order valence-electron chi connectivity index (χ0n) is 33.1. The third-order valence-corrected chi connectivity index (χ3v) is 9.40. The quantitative estimate of drug-likeness (QED) is 0.0769. The number of aliphatic carboxylic acids is 3. The number of nitrogens with zero attached hydrogens (tertiary/aromatic N) is 5. The highest BCUT2D eigenvalue weighted by Gasteiger charge is 2.39. The lowest BCUT2D eigenvalue weighted by molar-refractivity contribution is -0.193. The van der Waals surface area contributed by atoms with Gasteiger partial charge < -0.3 is 35.0 Å². The molecule has 1 saturated heterocycles. The van der Waals surface area contributed by atoms with Gasteiger partial charge in [0, 0.05) is 61.2 Å². The topological polar surface area (TPSA) is 220 Å². The van der Waals surface area contributed by atoms with Crippen LogP contribution in [0.4, 0.5) is 39.5 Å². The van der Waals surface area contributed by atoms with E-state index in [9.17, 15) is 44.3 Å². The van der Waals surface area contributed by atoms with Gasteiger partial charge in [0.25, 0.3) is 5.91 Å². The first-order chi connectivity index (χ1) is 29.4. The van der Waals surface area contributed by atoms with Gasteiger partial charge in [-0.2, -0.15) is 44.6 Å². The van der Waals surface area contributed by atoms with E-state index in [4.69, 9.17) is 49.1 Å². The lowest BCUT2D eigenvalue weighted by Gasteiger charge is -2.26. The molecule has 2 aliphatic heterocycles. The number of ether oxygens (including phenoxy) is 2. The van der Waals surface area contributed by atoms with Gasteiger partial charge >= 0.3 is 36.4 Å². The standard InChI is InChI=1S/C31H37N7O3S.3C2HF3O2/c1-37(2)11-14-42-31-26-17-21(25-18-33-34-19-25)3-5-27(26)35-29(36-31)24-16-23-15-22(4-6-28(23)41-20-24)30(39)32-7-8-38-9-12-40-13-10-38;3*3-2(4,5)1(6)7/h3-6,15,17-19,24H,7-14,16,20H2,1-2H3,(H,32,39)(H,33,34);3*(H,6,7). The number of H-pyrrole nitrogens is 1. The molecular formula is C37H40F9N7O9S. The summed E-state index contributed by atoms with van der Waals surface area (Å²) in [5, 5.41) is 33.4. The molecule has 0 spiro atoms. The number of carbonyl (C=O) groups excluding carboxylic acids is 1. The van der Waals surface area contributed by atoms with Crippen LogP contribution in [0.15, 0.2) is 53.8 Å². The molecule has 1 amide bonds. The predicted octanol–water partition coefficient (Wildman–Crippen LogP) is 5.35. The number of amides is 1. The smallest absolute Gasteiger partial charge is 0.490 e. The van der Waals surface area contributed by atoms with E-state index in [2.05, 4.69) is 57.6 Å². The van der Waals surface area contributed by atoms with Gasteiger partial charge in [-0.15, -0.1) is 11.8 Å². The molecule has 4 heterocycles. The third kappa shape index (κ3) is 17.2. The summed E-state index contributed by atoms with van der Waals surface area (Å²) in [6.07, 6.45) is -10.8. The number of fused-ring (bicyclic) bond motifs is 2. The number of aromatic nitrogens is 4. The molecule has 0 bridgehead atoms. The highest BCUT2D eigenvalue weighted by Crippen LogP contribution is 2.35. The average Bonchev–Trinajstić information content (AvgIpc) is 3.75. The van der Waals surface area contributed by atoms with E-state index >= 15 is 0 Å². The van der Waals surface area contributed by atoms with Crippen LogP contribution in [0.2, 0.25) is 0 Å². The fourth-order valence-corrected chi connectivity index (χ4v) is 6.41. The van der Waals surface area contributed by atoms with Gasteiger partial charge in [0.05, 0.1) is 37.5 Å². The number of benzene rings is 2. The molecule has 1 unspecified atom stereocenters. The second-order valence-electron chi connectivity index (χ2n) is 13.4. The summed E-state index contributed by atoms with van der Waals surface area (Å²) in [5.74, 6) is -5.83.